The van der Waals surface area contributed by atoms with Crippen molar-refractivity contribution in [1.82, 2.24) is 0 Å². The summed E-state index contributed by atoms with van der Waals surface area (Å²) in [6.45, 7) is 4.87. The lowest BCUT2D eigenvalue weighted by Gasteiger charge is -2.21. The van der Waals surface area contributed by atoms with E-state index in [9.17, 15) is 0 Å². The second kappa shape index (κ2) is 3.91. The third-order valence-corrected chi connectivity index (χ3v) is 2.26. The maximum atomic E-state index is 5.69. The molecule has 0 radical (unpaired) electrons. The van der Waals surface area contributed by atoms with E-state index in [2.05, 4.69) is 6.07 Å². The number of hydrogen-bond donors (Lipinski definition) is 0. The van der Waals surface area contributed by atoms with E-state index in [-0.39, 0.29) is 6.10 Å². The van der Waals surface area contributed by atoms with E-state index in [1.807, 2.05) is 26.0 Å². The quantitative estimate of drug-likeness (QED) is 0.717. The van der Waals surface area contributed by atoms with Crippen LogP contribution < -0.4 is 9.47 Å². The van der Waals surface area contributed by atoms with Gasteiger partial charge in [0.1, 0.15) is 0 Å². The molecule has 0 aromatic heterocycles. The second-order valence-electron chi connectivity index (χ2n) is 3.86. The van der Waals surface area contributed by atoms with Crippen LogP contribution in [0.4, 0.5) is 0 Å². The molecule has 1 aromatic rings. The zero-order chi connectivity index (χ0) is 9.97. The zero-order valence-corrected chi connectivity index (χ0v) is 8.75. The Morgan fingerprint density at radius 1 is 1.36 bits per heavy atom. The smallest absolute Gasteiger partial charge is 0.164 e. The molecule has 14 heavy (non-hydrogen) atoms. The normalized spacial score (nSPS) is 14.8. The molecule has 0 bridgehead atoms. The van der Waals surface area contributed by atoms with Crippen LogP contribution in [0.3, 0.4) is 0 Å². The van der Waals surface area contributed by atoms with Crippen LogP contribution >= 0.6 is 0 Å². The topological polar surface area (TPSA) is 18.5 Å². The Labute approximate surface area is 84.8 Å². The molecule has 0 unspecified atom stereocenters. The summed E-state index contributed by atoms with van der Waals surface area (Å²) in [5.74, 6) is 1.84. The fraction of sp³-hybridized carbons (Fsp3) is 0.500. The van der Waals surface area contributed by atoms with Gasteiger partial charge in [0.05, 0.1) is 12.7 Å². The third-order valence-electron chi connectivity index (χ3n) is 2.26. The lowest BCUT2D eigenvalue weighted by Crippen LogP contribution is -2.12. The highest BCUT2D eigenvalue weighted by atomic mass is 16.5. The average Bonchev–Trinajstić information content (AvgIpc) is 2.18. The molecule has 1 aromatic carbocycles. The number of benzene rings is 1. The molecular weight excluding hydrogens is 176 g/mol. The Kier molecular flexibility index (Phi) is 2.62. The Morgan fingerprint density at radius 2 is 2.21 bits per heavy atom. The van der Waals surface area contributed by atoms with Crippen molar-refractivity contribution in [1.29, 1.82) is 0 Å². The highest BCUT2D eigenvalue weighted by Gasteiger charge is 2.15. The van der Waals surface area contributed by atoms with E-state index >= 15 is 0 Å². The van der Waals surface area contributed by atoms with Crippen LogP contribution in [0.15, 0.2) is 18.2 Å². The Hall–Kier alpha value is -1.18. The van der Waals surface area contributed by atoms with Gasteiger partial charge in [-0.1, -0.05) is 12.1 Å². The number of para-hydroxylation sites is 1. The van der Waals surface area contributed by atoms with Crippen LogP contribution in [0.5, 0.6) is 11.5 Å². The summed E-state index contributed by atoms with van der Waals surface area (Å²) in [6.07, 6.45) is 2.41. The summed E-state index contributed by atoms with van der Waals surface area (Å²) >= 11 is 0. The third kappa shape index (κ3) is 1.84. The largest absolute Gasteiger partial charge is 0.489 e. The number of ether oxygens (including phenoxy) is 2. The van der Waals surface area contributed by atoms with Crippen LogP contribution in [-0.2, 0) is 6.42 Å². The number of aryl methyl sites for hydroxylation is 1. The van der Waals surface area contributed by atoms with Crippen molar-refractivity contribution >= 4 is 0 Å². The van der Waals surface area contributed by atoms with Crippen molar-refractivity contribution in [2.45, 2.75) is 32.8 Å². The van der Waals surface area contributed by atoms with Gasteiger partial charge in [0, 0.05) is 0 Å². The molecule has 1 heterocycles. The SMILES string of the molecule is CC(C)Oc1cccc2c1OCCC2. The summed E-state index contributed by atoms with van der Waals surface area (Å²) in [4.78, 5) is 0. The summed E-state index contributed by atoms with van der Waals surface area (Å²) in [5, 5.41) is 0. The Bertz CT molecular complexity index is 318. The molecule has 2 nitrogen and oxygen atoms in total. The second-order valence-corrected chi connectivity index (χ2v) is 3.86. The minimum absolute atomic E-state index is 0.201. The lowest BCUT2D eigenvalue weighted by molar-refractivity contribution is 0.213. The molecule has 0 spiro atoms. The van der Waals surface area contributed by atoms with Crippen LogP contribution in [0, 0.1) is 0 Å². The molecule has 76 valence electrons. The van der Waals surface area contributed by atoms with Gasteiger partial charge in [-0.25, -0.2) is 0 Å². The molecule has 0 N–H and O–H groups in total. The molecule has 2 rings (SSSR count). The van der Waals surface area contributed by atoms with Gasteiger partial charge in [0.25, 0.3) is 0 Å². The first-order valence-corrected chi connectivity index (χ1v) is 5.18. The fourth-order valence-corrected chi connectivity index (χ4v) is 1.71. The van der Waals surface area contributed by atoms with Gasteiger partial charge in [-0.15, -0.1) is 0 Å². The van der Waals surface area contributed by atoms with Crippen LogP contribution in [0.25, 0.3) is 0 Å². The van der Waals surface area contributed by atoms with Crippen LogP contribution in [0.1, 0.15) is 25.8 Å². The average molecular weight is 192 g/mol. The molecule has 1 aliphatic rings. The van der Waals surface area contributed by atoms with E-state index in [1.54, 1.807) is 0 Å². The summed E-state index contributed by atoms with van der Waals surface area (Å²) in [6, 6.07) is 6.12. The maximum absolute atomic E-state index is 5.69. The zero-order valence-electron chi connectivity index (χ0n) is 8.75. The Morgan fingerprint density at radius 3 is 3.00 bits per heavy atom. The summed E-state index contributed by atoms with van der Waals surface area (Å²) in [5.41, 5.74) is 1.27. The molecule has 0 saturated carbocycles. The van der Waals surface area contributed by atoms with Crippen molar-refractivity contribution < 1.29 is 9.47 Å². The van der Waals surface area contributed by atoms with Gasteiger partial charge >= 0.3 is 0 Å². The minimum Gasteiger partial charge on any atom is -0.489 e. The first-order chi connectivity index (χ1) is 6.77. The standard InChI is InChI=1S/C12H16O2/c1-9(2)14-11-7-3-5-10-6-4-8-13-12(10)11/h3,5,7,9H,4,6,8H2,1-2H3. The van der Waals surface area contributed by atoms with Gasteiger partial charge in [-0.2, -0.15) is 0 Å². The number of fused-ring (bicyclic) bond motifs is 1. The lowest BCUT2D eigenvalue weighted by atomic mass is 10.1. The van der Waals surface area contributed by atoms with Gasteiger partial charge in [-0.05, 0) is 38.3 Å². The monoisotopic (exact) mass is 192 g/mol. The molecule has 2 heteroatoms. The van der Waals surface area contributed by atoms with Crippen molar-refractivity contribution in [3.63, 3.8) is 0 Å². The first-order valence-electron chi connectivity index (χ1n) is 5.18. The van der Waals surface area contributed by atoms with E-state index in [0.717, 1.165) is 30.9 Å². The molecule has 0 amide bonds. The van der Waals surface area contributed by atoms with Crippen molar-refractivity contribution in [2.24, 2.45) is 0 Å². The molecule has 0 atom stereocenters. The molecule has 0 fully saturated rings. The Balaban J connectivity index is 2.30. The van der Waals surface area contributed by atoms with Crippen LogP contribution in [-0.4, -0.2) is 12.7 Å². The molecule has 1 aliphatic heterocycles. The van der Waals surface area contributed by atoms with Crippen molar-refractivity contribution in [3.05, 3.63) is 23.8 Å². The fourth-order valence-electron chi connectivity index (χ4n) is 1.71. The summed E-state index contributed by atoms with van der Waals surface area (Å²) < 4.78 is 11.3. The van der Waals surface area contributed by atoms with Crippen molar-refractivity contribution in [3.8, 4) is 11.5 Å². The van der Waals surface area contributed by atoms with E-state index < -0.39 is 0 Å². The molecule has 0 saturated heterocycles. The predicted molar refractivity (Wildman–Crippen MR) is 56.0 cm³/mol. The highest BCUT2D eigenvalue weighted by Crippen LogP contribution is 2.35. The predicted octanol–water partition coefficient (Wildman–Crippen LogP) is 2.80. The van der Waals surface area contributed by atoms with Gasteiger partial charge < -0.3 is 9.47 Å². The number of hydrogen-bond acceptors (Lipinski definition) is 2. The van der Waals surface area contributed by atoms with Crippen LogP contribution in [0.2, 0.25) is 0 Å². The number of rotatable bonds is 2. The minimum atomic E-state index is 0.201. The van der Waals surface area contributed by atoms with E-state index in [0.29, 0.717) is 0 Å². The highest BCUT2D eigenvalue weighted by molar-refractivity contribution is 5.47. The van der Waals surface area contributed by atoms with Gasteiger partial charge in [-0.3, -0.25) is 0 Å². The first kappa shape index (κ1) is 9.38. The summed E-state index contributed by atoms with van der Waals surface area (Å²) in [7, 11) is 0. The molecular formula is C12H16O2. The van der Waals surface area contributed by atoms with Gasteiger partial charge in [0.15, 0.2) is 11.5 Å². The van der Waals surface area contributed by atoms with E-state index in [1.165, 1.54) is 5.56 Å². The van der Waals surface area contributed by atoms with E-state index in [4.69, 9.17) is 9.47 Å². The van der Waals surface area contributed by atoms with Crippen molar-refractivity contribution in [2.75, 3.05) is 6.61 Å². The molecule has 0 aliphatic carbocycles. The van der Waals surface area contributed by atoms with Gasteiger partial charge in [0.2, 0.25) is 0 Å². The maximum Gasteiger partial charge on any atom is 0.164 e.